The Morgan fingerprint density at radius 3 is 2.70 bits per heavy atom. The van der Waals surface area contributed by atoms with Gasteiger partial charge in [0.1, 0.15) is 17.5 Å². The molecular weight excluding hydrogens is 380 g/mol. The van der Waals surface area contributed by atoms with E-state index in [0.717, 1.165) is 24.2 Å². The Balaban J connectivity index is 1.36. The van der Waals surface area contributed by atoms with Crippen LogP contribution in [-0.2, 0) is 0 Å². The molecule has 3 aromatic rings. The van der Waals surface area contributed by atoms with Crippen LogP contribution in [0.5, 0.6) is 5.75 Å². The molecule has 0 unspecified atom stereocenters. The number of aromatic amines is 1. The van der Waals surface area contributed by atoms with Crippen molar-refractivity contribution in [1.29, 1.82) is 0 Å². The number of H-pyrrole nitrogens is 1. The minimum absolute atomic E-state index is 0.00626. The SMILES string of the molecule is Cc1ccc(NC(=O)c2ccc[nH]2)cc1OC1CCN(C(=O)c2cccnc2)CC1. The number of likely N-dealkylation sites (tertiary alicyclic amines) is 1. The number of carbonyl (C=O) groups is 2. The summed E-state index contributed by atoms with van der Waals surface area (Å²) in [6.07, 6.45) is 6.50. The number of ether oxygens (including phenoxy) is 1. The van der Waals surface area contributed by atoms with Gasteiger partial charge in [-0.2, -0.15) is 0 Å². The molecule has 0 aliphatic carbocycles. The zero-order valence-electron chi connectivity index (χ0n) is 16.8. The van der Waals surface area contributed by atoms with E-state index in [0.29, 0.717) is 30.0 Å². The molecule has 30 heavy (non-hydrogen) atoms. The topological polar surface area (TPSA) is 87.3 Å². The fourth-order valence-corrected chi connectivity index (χ4v) is 3.50. The van der Waals surface area contributed by atoms with Gasteiger partial charge in [-0.05, 0) is 42.8 Å². The standard InChI is InChI=1S/C23H24N4O3/c1-16-6-7-18(26-22(28)20-5-3-11-25-20)14-21(16)30-19-8-12-27(13-9-19)23(29)17-4-2-10-24-15-17/h2-7,10-11,14-15,19,25H,8-9,12-13H2,1H3,(H,26,28). The number of benzene rings is 1. The molecule has 1 saturated heterocycles. The second kappa shape index (κ2) is 8.82. The molecule has 0 bridgehead atoms. The van der Waals surface area contributed by atoms with Gasteiger partial charge in [-0.15, -0.1) is 0 Å². The molecule has 0 radical (unpaired) electrons. The molecule has 0 spiro atoms. The van der Waals surface area contributed by atoms with Crippen molar-refractivity contribution in [3.05, 3.63) is 77.9 Å². The minimum atomic E-state index is -0.197. The smallest absolute Gasteiger partial charge is 0.272 e. The fourth-order valence-electron chi connectivity index (χ4n) is 3.50. The van der Waals surface area contributed by atoms with E-state index in [9.17, 15) is 9.59 Å². The van der Waals surface area contributed by atoms with Crippen LogP contribution in [0.15, 0.2) is 61.1 Å². The summed E-state index contributed by atoms with van der Waals surface area (Å²) in [5.74, 6) is 0.556. The van der Waals surface area contributed by atoms with Crippen LogP contribution in [-0.4, -0.2) is 45.9 Å². The van der Waals surface area contributed by atoms with Gasteiger partial charge in [-0.25, -0.2) is 0 Å². The second-order valence-corrected chi connectivity index (χ2v) is 7.37. The Kier molecular flexibility index (Phi) is 5.79. The fraction of sp³-hybridized carbons (Fsp3) is 0.261. The highest BCUT2D eigenvalue weighted by Crippen LogP contribution is 2.27. The molecule has 2 amide bonds. The quantitative estimate of drug-likeness (QED) is 0.679. The van der Waals surface area contributed by atoms with Crippen molar-refractivity contribution in [2.45, 2.75) is 25.9 Å². The molecule has 1 aliphatic heterocycles. The number of hydrogen-bond acceptors (Lipinski definition) is 4. The average molecular weight is 404 g/mol. The van der Waals surface area contributed by atoms with Crippen LogP contribution in [0.25, 0.3) is 0 Å². The Bertz CT molecular complexity index is 1010. The monoisotopic (exact) mass is 404 g/mol. The van der Waals surface area contributed by atoms with E-state index in [1.165, 1.54) is 0 Å². The minimum Gasteiger partial charge on any atom is -0.490 e. The summed E-state index contributed by atoms with van der Waals surface area (Å²) in [5.41, 5.74) is 2.79. The number of piperidine rings is 1. The van der Waals surface area contributed by atoms with Gasteiger partial charge in [0.25, 0.3) is 11.8 Å². The van der Waals surface area contributed by atoms with E-state index < -0.39 is 0 Å². The maximum atomic E-state index is 12.6. The number of amides is 2. The molecule has 1 fully saturated rings. The summed E-state index contributed by atoms with van der Waals surface area (Å²) in [6.45, 7) is 3.26. The predicted octanol–water partition coefficient (Wildman–Crippen LogP) is 3.65. The van der Waals surface area contributed by atoms with Crippen molar-refractivity contribution in [2.24, 2.45) is 0 Å². The third kappa shape index (κ3) is 4.51. The van der Waals surface area contributed by atoms with E-state index in [2.05, 4.69) is 15.3 Å². The molecule has 154 valence electrons. The van der Waals surface area contributed by atoms with Crippen molar-refractivity contribution >= 4 is 17.5 Å². The summed E-state index contributed by atoms with van der Waals surface area (Å²) < 4.78 is 6.22. The molecule has 0 atom stereocenters. The van der Waals surface area contributed by atoms with Gasteiger partial charge in [0, 0.05) is 56.3 Å². The first-order valence-electron chi connectivity index (χ1n) is 10.0. The lowest BCUT2D eigenvalue weighted by atomic mass is 10.1. The van der Waals surface area contributed by atoms with Crippen molar-refractivity contribution in [3.8, 4) is 5.75 Å². The lowest BCUT2D eigenvalue weighted by Crippen LogP contribution is -2.41. The lowest BCUT2D eigenvalue weighted by Gasteiger charge is -2.32. The van der Waals surface area contributed by atoms with Gasteiger partial charge in [-0.1, -0.05) is 6.07 Å². The van der Waals surface area contributed by atoms with E-state index in [1.54, 1.807) is 42.9 Å². The van der Waals surface area contributed by atoms with Crippen LogP contribution in [0.4, 0.5) is 5.69 Å². The van der Waals surface area contributed by atoms with E-state index in [1.807, 2.05) is 30.0 Å². The van der Waals surface area contributed by atoms with Crippen molar-refractivity contribution in [2.75, 3.05) is 18.4 Å². The van der Waals surface area contributed by atoms with E-state index in [-0.39, 0.29) is 17.9 Å². The number of nitrogens with zero attached hydrogens (tertiary/aromatic N) is 2. The van der Waals surface area contributed by atoms with E-state index >= 15 is 0 Å². The summed E-state index contributed by atoms with van der Waals surface area (Å²) in [6, 6.07) is 12.7. The molecule has 7 heteroatoms. The molecular formula is C23H24N4O3. The second-order valence-electron chi connectivity index (χ2n) is 7.37. The van der Waals surface area contributed by atoms with Crippen molar-refractivity contribution < 1.29 is 14.3 Å². The van der Waals surface area contributed by atoms with Crippen LogP contribution >= 0.6 is 0 Å². The molecule has 1 aliphatic rings. The van der Waals surface area contributed by atoms with Crippen LogP contribution in [0.2, 0.25) is 0 Å². The molecule has 7 nitrogen and oxygen atoms in total. The first kappa shape index (κ1) is 19.7. The van der Waals surface area contributed by atoms with Gasteiger partial charge in [-0.3, -0.25) is 14.6 Å². The number of aromatic nitrogens is 2. The van der Waals surface area contributed by atoms with Gasteiger partial charge >= 0.3 is 0 Å². The first-order chi connectivity index (χ1) is 14.6. The Labute approximate surface area is 175 Å². The van der Waals surface area contributed by atoms with Gasteiger partial charge < -0.3 is 19.9 Å². The molecule has 1 aromatic carbocycles. The summed E-state index contributed by atoms with van der Waals surface area (Å²) in [4.78, 5) is 33.6. The molecule has 2 aromatic heterocycles. The highest BCUT2D eigenvalue weighted by molar-refractivity contribution is 6.03. The predicted molar refractivity (Wildman–Crippen MR) is 114 cm³/mol. The number of nitrogens with one attached hydrogen (secondary N) is 2. The summed E-state index contributed by atoms with van der Waals surface area (Å²) in [5, 5.41) is 2.88. The number of hydrogen-bond donors (Lipinski definition) is 2. The van der Waals surface area contributed by atoms with Crippen LogP contribution < -0.4 is 10.1 Å². The van der Waals surface area contributed by atoms with Crippen molar-refractivity contribution in [1.82, 2.24) is 14.9 Å². The molecule has 0 saturated carbocycles. The zero-order chi connectivity index (χ0) is 20.9. The average Bonchev–Trinajstić information content (AvgIpc) is 3.32. The van der Waals surface area contributed by atoms with Crippen LogP contribution in [0.3, 0.4) is 0 Å². The number of pyridine rings is 1. The molecule has 4 rings (SSSR count). The third-order valence-electron chi connectivity index (χ3n) is 5.22. The number of aryl methyl sites for hydroxylation is 1. The Morgan fingerprint density at radius 1 is 1.17 bits per heavy atom. The molecule has 3 heterocycles. The summed E-state index contributed by atoms with van der Waals surface area (Å²) >= 11 is 0. The highest BCUT2D eigenvalue weighted by Gasteiger charge is 2.25. The number of anilines is 1. The van der Waals surface area contributed by atoms with Crippen LogP contribution in [0.1, 0.15) is 39.3 Å². The zero-order valence-corrected chi connectivity index (χ0v) is 16.8. The van der Waals surface area contributed by atoms with Gasteiger partial charge in [0.05, 0.1) is 5.56 Å². The first-order valence-corrected chi connectivity index (χ1v) is 10.0. The maximum absolute atomic E-state index is 12.6. The maximum Gasteiger partial charge on any atom is 0.272 e. The number of carbonyl (C=O) groups excluding carboxylic acids is 2. The number of rotatable bonds is 5. The molecule has 2 N–H and O–H groups in total. The summed E-state index contributed by atoms with van der Waals surface area (Å²) in [7, 11) is 0. The lowest BCUT2D eigenvalue weighted by molar-refractivity contribution is 0.0594. The van der Waals surface area contributed by atoms with Crippen molar-refractivity contribution in [3.63, 3.8) is 0 Å². The van der Waals surface area contributed by atoms with Crippen LogP contribution in [0, 0.1) is 6.92 Å². The highest BCUT2D eigenvalue weighted by atomic mass is 16.5. The van der Waals surface area contributed by atoms with Gasteiger partial charge in [0.2, 0.25) is 0 Å². The van der Waals surface area contributed by atoms with E-state index in [4.69, 9.17) is 4.74 Å². The normalized spacial score (nSPS) is 14.4. The Hall–Kier alpha value is -3.61. The Morgan fingerprint density at radius 2 is 2.00 bits per heavy atom. The van der Waals surface area contributed by atoms with Gasteiger partial charge in [0.15, 0.2) is 0 Å². The largest absolute Gasteiger partial charge is 0.490 e. The third-order valence-corrected chi connectivity index (χ3v) is 5.22.